The summed E-state index contributed by atoms with van der Waals surface area (Å²) in [7, 11) is 6.94. The van der Waals surface area contributed by atoms with Crippen molar-refractivity contribution in [2.75, 3.05) is 28.2 Å². The van der Waals surface area contributed by atoms with E-state index in [-0.39, 0.29) is 29.7 Å². The van der Waals surface area contributed by atoms with E-state index in [1.807, 2.05) is 25.1 Å². The number of rotatable bonds is 5. The minimum atomic E-state index is -2.67. The molecule has 4 unspecified atom stereocenters. The summed E-state index contributed by atoms with van der Waals surface area (Å²) in [5.41, 5.74) is 2.85. The van der Waals surface area contributed by atoms with Gasteiger partial charge in [-0.25, -0.2) is 0 Å². The molecule has 2 aromatic rings. The molecule has 11 heteroatoms. The lowest BCUT2D eigenvalue weighted by atomic mass is 9.57. The van der Waals surface area contributed by atoms with Gasteiger partial charge in [0, 0.05) is 17.1 Å². The highest BCUT2D eigenvalue weighted by molar-refractivity contribution is 6.24. The van der Waals surface area contributed by atoms with Gasteiger partial charge in [0.25, 0.3) is 5.91 Å². The Hall–Kier alpha value is -3.93. The van der Waals surface area contributed by atoms with Crippen LogP contribution in [0.15, 0.2) is 45.6 Å². The standard InChI is InChI=1S/C28H31N3O8/c1-30(2)11-13-5-8-18(39-13)14-6-7-17(32)20-15(14)9-12-10-16-22(31(3)4)24(34)21(27(29)37)26(36)28(16,38)25(35)19(12)23(20)33/h5-8,12,16,22,32-33,36,38H,9-11H2,1-4H3,(H2,29,37). The van der Waals surface area contributed by atoms with Crippen LogP contribution in [0, 0.1) is 11.8 Å². The molecule has 4 atom stereocenters. The zero-order valence-electron chi connectivity index (χ0n) is 22.1. The number of amides is 1. The smallest absolute Gasteiger partial charge is 0.255 e. The van der Waals surface area contributed by atoms with Crippen LogP contribution in [0.5, 0.6) is 5.75 Å². The van der Waals surface area contributed by atoms with Gasteiger partial charge in [-0.3, -0.25) is 19.3 Å². The van der Waals surface area contributed by atoms with Crippen molar-refractivity contribution >= 4 is 23.2 Å². The number of ketones is 2. The van der Waals surface area contributed by atoms with Crippen LogP contribution in [-0.2, 0) is 27.3 Å². The first-order chi connectivity index (χ1) is 18.3. The summed E-state index contributed by atoms with van der Waals surface area (Å²) >= 11 is 0. The zero-order chi connectivity index (χ0) is 28.5. The van der Waals surface area contributed by atoms with Crippen LogP contribution in [-0.4, -0.2) is 87.5 Å². The molecule has 1 amide bonds. The SMILES string of the molecule is CN(C)Cc1ccc(-c2ccc(O)c3c2CC2CC4C(N(C)C)C(=O)C(C(N)=O)=C(O)C4(O)C(=O)C2=C3O)o1. The van der Waals surface area contributed by atoms with Crippen molar-refractivity contribution in [3.05, 3.63) is 58.1 Å². The Kier molecular flexibility index (Phi) is 6.21. The Morgan fingerprint density at radius 1 is 1.10 bits per heavy atom. The lowest BCUT2D eigenvalue weighted by Crippen LogP contribution is -2.65. The van der Waals surface area contributed by atoms with Crippen molar-refractivity contribution in [2.24, 2.45) is 17.6 Å². The molecule has 5 rings (SSSR count). The van der Waals surface area contributed by atoms with E-state index < -0.39 is 58.0 Å². The Morgan fingerprint density at radius 2 is 1.79 bits per heavy atom. The van der Waals surface area contributed by atoms with Gasteiger partial charge in [-0.15, -0.1) is 0 Å². The molecule has 1 heterocycles. The van der Waals surface area contributed by atoms with Crippen LogP contribution < -0.4 is 5.73 Å². The van der Waals surface area contributed by atoms with Crippen LogP contribution in [0.4, 0.5) is 0 Å². The van der Waals surface area contributed by atoms with E-state index in [4.69, 9.17) is 10.2 Å². The lowest BCUT2D eigenvalue weighted by molar-refractivity contribution is -0.153. The van der Waals surface area contributed by atoms with Gasteiger partial charge < -0.3 is 35.5 Å². The molecule has 1 aromatic heterocycles. The predicted molar refractivity (Wildman–Crippen MR) is 139 cm³/mol. The van der Waals surface area contributed by atoms with E-state index in [2.05, 4.69) is 0 Å². The second kappa shape index (κ2) is 9.08. The molecule has 0 radical (unpaired) electrons. The zero-order valence-corrected chi connectivity index (χ0v) is 22.1. The third-order valence-electron chi connectivity index (χ3n) is 8.00. The maximum Gasteiger partial charge on any atom is 0.255 e. The summed E-state index contributed by atoms with van der Waals surface area (Å²) in [6.07, 6.45) is 0.201. The van der Waals surface area contributed by atoms with Gasteiger partial charge in [-0.2, -0.15) is 0 Å². The minimum absolute atomic E-state index is 0.0187. The Bertz CT molecular complexity index is 1480. The van der Waals surface area contributed by atoms with Gasteiger partial charge in [0.15, 0.2) is 11.4 Å². The number of Topliss-reactive ketones (excluding diaryl/α,β-unsaturated/α-hetero) is 2. The Morgan fingerprint density at radius 3 is 2.41 bits per heavy atom. The predicted octanol–water partition coefficient (Wildman–Crippen LogP) is 1.29. The molecule has 6 N–H and O–H groups in total. The molecule has 39 heavy (non-hydrogen) atoms. The molecule has 11 nitrogen and oxygen atoms in total. The molecule has 206 valence electrons. The number of furan rings is 1. The van der Waals surface area contributed by atoms with Crippen LogP contribution in [0.25, 0.3) is 17.1 Å². The summed E-state index contributed by atoms with van der Waals surface area (Å²) in [5, 5.41) is 44.7. The maximum absolute atomic E-state index is 13.9. The topological polar surface area (TPSA) is 178 Å². The number of nitrogens with two attached hydrogens (primary N) is 1. The van der Waals surface area contributed by atoms with Gasteiger partial charge in [0.1, 0.15) is 34.4 Å². The van der Waals surface area contributed by atoms with Crippen LogP contribution in [0.1, 0.15) is 23.3 Å². The normalized spacial score (nSPS) is 26.7. The van der Waals surface area contributed by atoms with Gasteiger partial charge in [-0.1, -0.05) is 0 Å². The monoisotopic (exact) mass is 537 g/mol. The van der Waals surface area contributed by atoms with Gasteiger partial charge >= 0.3 is 0 Å². The second-order valence-corrected chi connectivity index (χ2v) is 11.0. The fourth-order valence-electron chi connectivity index (χ4n) is 6.39. The number of phenolic OH excluding ortho intramolecular Hbond substituents is 1. The van der Waals surface area contributed by atoms with E-state index in [1.165, 1.54) is 11.0 Å². The van der Waals surface area contributed by atoms with E-state index in [0.717, 1.165) is 0 Å². The van der Waals surface area contributed by atoms with Crippen molar-refractivity contribution in [3.8, 4) is 17.1 Å². The molecule has 1 fully saturated rings. The lowest BCUT2D eigenvalue weighted by Gasteiger charge is -2.50. The first kappa shape index (κ1) is 26.7. The van der Waals surface area contributed by atoms with Crippen LogP contribution in [0.3, 0.4) is 0 Å². The number of aromatic hydroxyl groups is 1. The molecule has 0 bridgehead atoms. The first-order valence-corrected chi connectivity index (χ1v) is 12.5. The minimum Gasteiger partial charge on any atom is -0.508 e. The van der Waals surface area contributed by atoms with Crippen LogP contribution >= 0.6 is 0 Å². The number of fused-ring (bicyclic) bond motifs is 3. The first-order valence-electron chi connectivity index (χ1n) is 12.5. The molecular formula is C28H31N3O8. The summed E-state index contributed by atoms with van der Waals surface area (Å²) in [5.74, 6) is -5.59. The van der Waals surface area contributed by atoms with Crippen molar-refractivity contribution in [1.29, 1.82) is 0 Å². The van der Waals surface area contributed by atoms with E-state index in [9.17, 15) is 34.8 Å². The third kappa shape index (κ3) is 3.80. The number of phenols is 1. The van der Waals surface area contributed by atoms with Crippen LogP contribution in [0.2, 0.25) is 0 Å². The quantitative estimate of drug-likeness (QED) is 0.349. The summed E-state index contributed by atoms with van der Waals surface area (Å²) in [6.45, 7) is 0.567. The van der Waals surface area contributed by atoms with E-state index in [1.54, 1.807) is 26.2 Å². The third-order valence-corrected chi connectivity index (χ3v) is 8.00. The highest BCUT2D eigenvalue weighted by Crippen LogP contribution is 2.53. The Balaban J connectivity index is 1.69. The molecule has 0 aliphatic heterocycles. The highest BCUT2D eigenvalue weighted by Gasteiger charge is 2.64. The molecule has 1 saturated carbocycles. The number of aliphatic hydroxyl groups is 3. The number of nitrogens with zero attached hydrogens (tertiary/aromatic N) is 2. The average Bonchev–Trinajstić information content (AvgIpc) is 3.28. The summed E-state index contributed by atoms with van der Waals surface area (Å²) in [6, 6.07) is 5.55. The van der Waals surface area contributed by atoms with Gasteiger partial charge in [0.05, 0.1) is 18.2 Å². The average molecular weight is 538 g/mol. The number of primary amides is 1. The molecule has 0 spiro atoms. The van der Waals surface area contributed by atoms with Crippen molar-refractivity contribution in [1.82, 2.24) is 9.80 Å². The molecule has 3 aliphatic carbocycles. The molecular weight excluding hydrogens is 506 g/mol. The number of carbonyl (C=O) groups excluding carboxylic acids is 3. The maximum atomic E-state index is 13.9. The number of carbonyl (C=O) groups is 3. The summed E-state index contributed by atoms with van der Waals surface area (Å²) in [4.78, 5) is 42.6. The molecule has 3 aliphatic rings. The number of benzene rings is 1. The van der Waals surface area contributed by atoms with E-state index >= 15 is 0 Å². The summed E-state index contributed by atoms with van der Waals surface area (Å²) < 4.78 is 6.03. The number of aliphatic hydroxyl groups excluding tert-OH is 2. The number of hydrogen-bond acceptors (Lipinski definition) is 10. The Labute approximate surface area is 224 Å². The number of likely N-dealkylation sites (N-methyl/N-ethyl adjacent to an activating group) is 1. The van der Waals surface area contributed by atoms with Gasteiger partial charge in [0.2, 0.25) is 5.78 Å². The number of hydrogen-bond donors (Lipinski definition) is 5. The van der Waals surface area contributed by atoms with Gasteiger partial charge in [-0.05, 0) is 76.8 Å². The van der Waals surface area contributed by atoms with E-state index in [0.29, 0.717) is 29.2 Å². The fraction of sp³-hybridized carbons (Fsp3) is 0.393. The van der Waals surface area contributed by atoms with Crippen molar-refractivity contribution in [3.63, 3.8) is 0 Å². The fourth-order valence-corrected chi connectivity index (χ4v) is 6.39. The molecule has 0 saturated heterocycles. The second-order valence-electron chi connectivity index (χ2n) is 11.0. The van der Waals surface area contributed by atoms with Crippen molar-refractivity contribution in [2.45, 2.75) is 31.0 Å². The van der Waals surface area contributed by atoms with Crippen molar-refractivity contribution < 1.29 is 39.2 Å². The highest BCUT2D eigenvalue weighted by atomic mass is 16.4. The largest absolute Gasteiger partial charge is 0.508 e. The molecule has 1 aromatic carbocycles.